The standard InChI is InChI=1S/C11H5N3O4S/c15-13(16)9-7-4-2-1-3-6(7)8-11(19-5-12-8)10(9)14(17)18/h1-5H. The number of hydrogen-bond donors (Lipinski definition) is 0. The molecule has 0 unspecified atom stereocenters. The third-order valence-corrected chi connectivity index (χ3v) is 3.64. The molecule has 0 N–H and O–H groups in total. The van der Waals surface area contributed by atoms with Crippen LogP contribution in [-0.4, -0.2) is 14.8 Å². The van der Waals surface area contributed by atoms with Gasteiger partial charge in [0.25, 0.3) is 0 Å². The van der Waals surface area contributed by atoms with Crippen LogP contribution in [-0.2, 0) is 0 Å². The maximum absolute atomic E-state index is 11.2. The molecular formula is C11H5N3O4S. The number of thiazole rings is 1. The SMILES string of the molecule is O=[N+]([O-])c1c([N+](=O)[O-])c2scnc2c2ccccc12. The quantitative estimate of drug-likeness (QED) is 0.527. The van der Waals surface area contributed by atoms with Crippen molar-refractivity contribution >= 4 is 43.7 Å². The highest BCUT2D eigenvalue weighted by Crippen LogP contribution is 2.43. The van der Waals surface area contributed by atoms with E-state index in [2.05, 4.69) is 4.98 Å². The number of aromatic nitrogens is 1. The molecule has 0 atom stereocenters. The Morgan fingerprint density at radius 3 is 2.26 bits per heavy atom. The maximum atomic E-state index is 11.2. The second-order valence-electron chi connectivity index (χ2n) is 3.79. The summed E-state index contributed by atoms with van der Waals surface area (Å²) < 4.78 is 0.232. The van der Waals surface area contributed by atoms with Crippen LogP contribution in [0.2, 0.25) is 0 Å². The van der Waals surface area contributed by atoms with Crippen LogP contribution in [0.5, 0.6) is 0 Å². The summed E-state index contributed by atoms with van der Waals surface area (Å²) in [6, 6.07) is 6.50. The van der Waals surface area contributed by atoms with Gasteiger partial charge >= 0.3 is 11.4 Å². The predicted molar refractivity (Wildman–Crippen MR) is 70.4 cm³/mol. The highest BCUT2D eigenvalue weighted by Gasteiger charge is 2.32. The van der Waals surface area contributed by atoms with Crippen LogP contribution in [0.15, 0.2) is 29.8 Å². The molecule has 1 aromatic heterocycles. The fourth-order valence-corrected chi connectivity index (χ4v) is 2.91. The van der Waals surface area contributed by atoms with Gasteiger partial charge in [0.05, 0.1) is 26.3 Å². The molecule has 19 heavy (non-hydrogen) atoms. The van der Waals surface area contributed by atoms with E-state index in [4.69, 9.17) is 0 Å². The summed E-state index contributed by atoms with van der Waals surface area (Å²) in [5, 5.41) is 23.1. The van der Waals surface area contributed by atoms with E-state index in [1.54, 1.807) is 18.2 Å². The van der Waals surface area contributed by atoms with Gasteiger partial charge in [-0.1, -0.05) is 18.2 Å². The zero-order valence-corrected chi connectivity index (χ0v) is 10.1. The second-order valence-corrected chi connectivity index (χ2v) is 4.64. The van der Waals surface area contributed by atoms with E-state index in [0.29, 0.717) is 10.9 Å². The number of hydrogen-bond acceptors (Lipinski definition) is 6. The largest absolute Gasteiger partial charge is 0.365 e. The summed E-state index contributed by atoms with van der Waals surface area (Å²) in [7, 11) is 0. The van der Waals surface area contributed by atoms with Gasteiger partial charge in [0.2, 0.25) is 0 Å². The van der Waals surface area contributed by atoms with Crippen molar-refractivity contribution in [2.75, 3.05) is 0 Å². The highest BCUT2D eigenvalue weighted by molar-refractivity contribution is 7.17. The molecule has 94 valence electrons. The molecule has 8 heteroatoms. The fourth-order valence-electron chi connectivity index (χ4n) is 2.09. The zero-order chi connectivity index (χ0) is 13.6. The lowest BCUT2D eigenvalue weighted by atomic mass is 10.1. The Balaban J connectivity index is 2.68. The molecule has 0 aliphatic rings. The maximum Gasteiger partial charge on any atom is 0.365 e. The molecule has 0 aliphatic carbocycles. The lowest BCUT2D eigenvalue weighted by molar-refractivity contribution is -0.419. The van der Waals surface area contributed by atoms with Crippen LogP contribution in [0.25, 0.3) is 21.0 Å². The van der Waals surface area contributed by atoms with Gasteiger partial charge in [0, 0.05) is 5.39 Å². The highest BCUT2D eigenvalue weighted by atomic mass is 32.1. The van der Waals surface area contributed by atoms with Crippen molar-refractivity contribution in [2.45, 2.75) is 0 Å². The molecule has 0 fully saturated rings. The number of rotatable bonds is 2. The van der Waals surface area contributed by atoms with Crippen molar-refractivity contribution in [3.05, 3.63) is 50.0 Å². The van der Waals surface area contributed by atoms with E-state index >= 15 is 0 Å². The van der Waals surface area contributed by atoms with Crippen molar-refractivity contribution < 1.29 is 9.85 Å². The Bertz CT molecular complexity index is 842. The van der Waals surface area contributed by atoms with Crippen molar-refractivity contribution in [1.82, 2.24) is 4.98 Å². The van der Waals surface area contributed by atoms with Crippen molar-refractivity contribution in [3.8, 4) is 0 Å². The monoisotopic (exact) mass is 275 g/mol. The van der Waals surface area contributed by atoms with E-state index in [0.717, 1.165) is 11.3 Å². The van der Waals surface area contributed by atoms with Gasteiger partial charge in [-0.25, -0.2) is 4.98 Å². The Morgan fingerprint density at radius 1 is 1.00 bits per heavy atom. The van der Waals surface area contributed by atoms with Gasteiger partial charge in [-0.3, -0.25) is 20.2 Å². The summed E-state index contributed by atoms with van der Waals surface area (Å²) in [6.07, 6.45) is 0. The van der Waals surface area contributed by atoms with Gasteiger partial charge in [-0.15, -0.1) is 11.3 Å². The molecule has 3 aromatic rings. The van der Waals surface area contributed by atoms with E-state index in [1.165, 1.54) is 11.6 Å². The zero-order valence-electron chi connectivity index (χ0n) is 9.27. The minimum Gasteiger partial charge on any atom is -0.258 e. The van der Waals surface area contributed by atoms with Crippen LogP contribution in [0.4, 0.5) is 11.4 Å². The third kappa shape index (κ3) is 1.54. The molecule has 0 amide bonds. The van der Waals surface area contributed by atoms with Crippen LogP contribution >= 0.6 is 11.3 Å². The summed E-state index contributed by atoms with van der Waals surface area (Å²) >= 11 is 1.03. The molecule has 7 nitrogen and oxygen atoms in total. The summed E-state index contributed by atoms with van der Waals surface area (Å²) in [5.41, 5.74) is 0.921. The Morgan fingerprint density at radius 2 is 1.63 bits per heavy atom. The minimum atomic E-state index is -0.717. The number of fused-ring (bicyclic) bond motifs is 3. The van der Waals surface area contributed by atoms with Crippen LogP contribution < -0.4 is 0 Å². The van der Waals surface area contributed by atoms with Gasteiger partial charge in [-0.05, 0) is 6.07 Å². The Labute approximate surface area is 109 Å². The topological polar surface area (TPSA) is 99.2 Å². The number of nitro groups is 2. The Kier molecular flexibility index (Phi) is 2.39. The normalized spacial score (nSPS) is 10.9. The molecule has 0 saturated heterocycles. The first-order valence-corrected chi connectivity index (χ1v) is 6.06. The van der Waals surface area contributed by atoms with Crippen LogP contribution in [0, 0.1) is 20.2 Å². The summed E-state index contributed by atoms with van der Waals surface area (Å²) in [4.78, 5) is 25.0. The van der Waals surface area contributed by atoms with E-state index < -0.39 is 21.2 Å². The first kappa shape index (κ1) is 11.5. The Hall–Kier alpha value is -2.61. The third-order valence-electron chi connectivity index (χ3n) is 2.81. The molecule has 1 heterocycles. The smallest absolute Gasteiger partial charge is 0.258 e. The van der Waals surface area contributed by atoms with E-state index in [1.807, 2.05) is 0 Å². The lowest BCUT2D eigenvalue weighted by Gasteiger charge is -2.02. The minimum absolute atomic E-state index is 0.232. The average molecular weight is 275 g/mol. The predicted octanol–water partition coefficient (Wildman–Crippen LogP) is 3.27. The van der Waals surface area contributed by atoms with Gasteiger partial charge in [-0.2, -0.15) is 0 Å². The number of benzene rings is 2. The van der Waals surface area contributed by atoms with E-state index in [9.17, 15) is 20.2 Å². The summed E-state index contributed by atoms with van der Waals surface area (Å²) in [6.45, 7) is 0. The molecular weight excluding hydrogens is 270 g/mol. The number of nitro benzene ring substituents is 2. The molecule has 0 bridgehead atoms. The van der Waals surface area contributed by atoms with Crippen LogP contribution in [0.1, 0.15) is 0 Å². The van der Waals surface area contributed by atoms with Crippen molar-refractivity contribution in [3.63, 3.8) is 0 Å². The molecule has 3 rings (SSSR count). The second kappa shape index (κ2) is 3.95. The van der Waals surface area contributed by atoms with Crippen LogP contribution in [0.3, 0.4) is 0 Å². The summed E-state index contributed by atoms with van der Waals surface area (Å²) in [5.74, 6) is 0. The molecule has 2 aromatic carbocycles. The molecule has 0 saturated carbocycles. The van der Waals surface area contributed by atoms with Gasteiger partial charge in [0.1, 0.15) is 4.70 Å². The fraction of sp³-hybridized carbons (Fsp3) is 0. The molecule has 0 radical (unpaired) electrons. The number of nitrogens with zero attached hydrogens (tertiary/aromatic N) is 3. The first-order chi connectivity index (χ1) is 9.11. The molecule has 0 spiro atoms. The van der Waals surface area contributed by atoms with Gasteiger partial charge < -0.3 is 0 Å². The first-order valence-electron chi connectivity index (χ1n) is 5.18. The lowest BCUT2D eigenvalue weighted by Crippen LogP contribution is -1.98. The van der Waals surface area contributed by atoms with Gasteiger partial charge in [0.15, 0.2) is 0 Å². The van der Waals surface area contributed by atoms with E-state index in [-0.39, 0.29) is 10.1 Å². The van der Waals surface area contributed by atoms with Crippen molar-refractivity contribution in [1.29, 1.82) is 0 Å². The van der Waals surface area contributed by atoms with Crippen molar-refractivity contribution in [2.24, 2.45) is 0 Å². The average Bonchev–Trinajstić information content (AvgIpc) is 2.85. The molecule has 0 aliphatic heterocycles.